The van der Waals surface area contributed by atoms with E-state index < -0.39 is 17.6 Å². The topological polar surface area (TPSA) is 46.2 Å². The van der Waals surface area contributed by atoms with E-state index in [9.17, 15) is 22.8 Å². The number of ketones is 1. The third kappa shape index (κ3) is 3.97. The Morgan fingerprint density at radius 3 is 2.18 bits per heavy atom. The van der Waals surface area contributed by atoms with Gasteiger partial charge in [0.05, 0.1) is 5.33 Å². The van der Waals surface area contributed by atoms with Gasteiger partial charge >= 0.3 is 12.1 Å². The number of halogens is 4. The minimum Gasteiger partial charge on any atom is -0.342 e. The summed E-state index contributed by atoms with van der Waals surface area (Å²) in [5.41, 5.74) is -1.00. The minimum atomic E-state index is -4.90. The van der Waals surface area contributed by atoms with Crippen LogP contribution in [0.4, 0.5) is 13.2 Å². The molecule has 0 radical (unpaired) electrons. The van der Waals surface area contributed by atoms with Crippen LogP contribution in [0, 0.1) is 0 Å². The molecule has 0 aromatic heterocycles. The lowest BCUT2D eigenvalue weighted by Crippen LogP contribution is -2.52. The number of carbonyl (C=O) groups excluding carboxylic acids is 2. The number of hydrogen-bond donors (Lipinski definition) is 1. The quantitative estimate of drug-likeness (QED) is 0.809. The van der Waals surface area contributed by atoms with Crippen molar-refractivity contribution in [3.8, 4) is 0 Å². The lowest BCUT2D eigenvalue weighted by Gasteiger charge is -2.30. The third-order valence-electron chi connectivity index (χ3n) is 2.88. The highest BCUT2D eigenvalue weighted by molar-refractivity contribution is 9.09. The molecular weight excluding hydrogens is 303 g/mol. The molecule has 7 heteroatoms. The molecule has 0 aliphatic heterocycles. The van der Waals surface area contributed by atoms with Crippen molar-refractivity contribution in [2.24, 2.45) is 0 Å². The Morgan fingerprint density at radius 2 is 1.76 bits per heavy atom. The number of amides is 1. The van der Waals surface area contributed by atoms with Gasteiger partial charge in [-0.1, -0.05) is 28.8 Å². The predicted octanol–water partition coefficient (Wildman–Crippen LogP) is 2.33. The summed E-state index contributed by atoms with van der Waals surface area (Å²) in [5, 5.41) is 2.09. The summed E-state index contributed by atoms with van der Waals surface area (Å²) in [5.74, 6) is -2.16. The van der Waals surface area contributed by atoms with E-state index in [1.54, 1.807) is 0 Å². The maximum absolute atomic E-state index is 12.2. The maximum atomic E-state index is 12.2. The molecule has 1 amide bonds. The Labute approximate surface area is 105 Å². The van der Waals surface area contributed by atoms with E-state index in [1.165, 1.54) is 0 Å². The van der Waals surface area contributed by atoms with Crippen LogP contribution in [0.15, 0.2) is 0 Å². The van der Waals surface area contributed by atoms with E-state index in [-0.39, 0.29) is 17.5 Å². The summed E-state index contributed by atoms with van der Waals surface area (Å²) in [7, 11) is 0. The first-order valence-corrected chi connectivity index (χ1v) is 6.38. The van der Waals surface area contributed by atoms with Crippen molar-refractivity contribution < 1.29 is 22.8 Å². The lowest BCUT2D eigenvalue weighted by molar-refractivity contribution is -0.175. The van der Waals surface area contributed by atoms with Crippen LogP contribution in [0.3, 0.4) is 0 Å². The summed E-state index contributed by atoms with van der Waals surface area (Å²) in [6.07, 6.45) is -2.63. The molecule has 0 aromatic carbocycles. The Bertz CT molecular complexity index is 311. The summed E-state index contributed by atoms with van der Waals surface area (Å²) in [6.45, 7) is 0. The highest BCUT2D eigenvalue weighted by atomic mass is 79.9. The van der Waals surface area contributed by atoms with Crippen LogP contribution in [-0.4, -0.2) is 28.7 Å². The molecule has 0 heterocycles. The van der Waals surface area contributed by atoms with E-state index >= 15 is 0 Å². The van der Waals surface area contributed by atoms with Gasteiger partial charge in [0, 0.05) is 12.0 Å². The van der Waals surface area contributed by atoms with E-state index in [4.69, 9.17) is 0 Å². The lowest BCUT2D eigenvalue weighted by atomic mass is 9.91. The molecule has 1 aliphatic rings. The standard InChI is InChI=1S/C10H13BrF3NO2/c11-6-7(16)5-9(3-1-2-4-9)15-8(17)10(12,13)14/h1-6H2,(H,15,17). The molecule has 0 saturated heterocycles. The molecule has 0 unspecified atom stereocenters. The van der Waals surface area contributed by atoms with Gasteiger partial charge in [-0.2, -0.15) is 13.2 Å². The third-order valence-corrected chi connectivity index (χ3v) is 3.51. The van der Waals surface area contributed by atoms with Crippen molar-refractivity contribution in [2.75, 3.05) is 5.33 Å². The van der Waals surface area contributed by atoms with Crippen molar-refractivity contribution >= 4 is 27.6 Å². The fraction of sp³-hybridized carbons (Fsp3) is 0.800. The zero-order valence-electron chi connectivity index (χ0n) is 9.07. The molecule has 0 aromatic rings. The molecule has 1 fully saturated rings. The summed E-state index contributed by atoms with van der Waals surface area (Å²) < 4.78 is 36.6. The first kappa shape index (κ1) is 14.5. The Morgan fingerprint density at radius 1 is 1.24 bits per heavy atom. The van der Waals surface area contributed by atoms with Crippen LogP contribution in [0.25, 0.3) is 0 Å². The van der Waals surface area contributed by atoms with Crippen molar-refractivity contribution in [1.82, 2.24) is 5.32 Å². The molecule has 98 valence electrons. The number of alkyl halides is 4. The number of rotatable bonds is 4. The van der Waals surface area contributed by atoms with Gasteiger partial charge in [0.15, 0.2) is 0 Å². The second kappa shape index (κ2) is 5.37. The van der Waals surface area contributed by atoms with Gasteiger partial charge in [0.25, 0.3) is 0 Å². The molecular formula is C10H13BrF3NO2. The fourth-order valence-corrected chi connectivity index (χ4v) is 2.33. The van der Waals surface area contributed by atoms with Crippen LogP contribution < -0.4 is 5.32 Å². The van der Waals surface area contributed by atoms with Gasteiger partial charge in [-0.15, -0.1) is 0 Å². The molecule has 1 N–H and O–H groups in total. The van der Waals surface area contributed by atoms with Crippen molar-refractivity contribution in [3.05, 3.63) is 0 Å². The monoisotopic (exact) mass is 315 g/mol. The first-order chi connectivity index (χ1) is 7.79. The van der Waals surface area contributed by atoms with Gasteiger partial charge in [-0.3, -0.25) is 9.59 Å². The average molecular weight is 316 g/mol. The molecule has 3 nitrogen and oxygen atoms in total. The van der Waals surface area contributed by atoms with Crippen molar-refractivity contribution in [3.63, 3.8) is 0 Å². The first-order valence-electron chi connectivity index (χ1n) is 5.26. The van der Waals surface area contributed by atoms with E-state index in [0.29, 0.717) is 12.8 Å². The van der Waals surface area contributed by atoms with Gasteiger partial charge in [0.1, 0.15) is 5.78 Å². The predicted molar refractivity (Wildman–Crippen MR) is 58.8 cm³/mol. The summed E-state index contributed by atoms with van der Waals surface area (Å²) in [6, 6.07) is 0. The van der Waals surface area contributed by atoms with Gasteiger partial charge < -0.3 is 5.32 Å². The normalized spacial score (nSPS) is 19.1. The smallest absolute Gasteiger partial charge is 0.342 e. The van der Waals surface area contributed by atoms with Crippen molar-refractivity contribution in [2.45, 2.75) is 43.8 Å². The van der Waals surface area contributed by atoms with E-state index in [0.717, 1.165) is 12.8 Å². The highest BCUT2D eigenvalue weighted by Gasteiger charge is 2.45. The summed E-state index contributed by atoms with van der Waals surface area (Å²) >= 11 is 2.97. The number of nitrogens with one attached hydrogen (secondary N) is 1. The maximum Gasteiger partial charge on any atom is 0.471 e. The SMILES string of the molecule is O=C(CBr)CC1(NC(=O)C(F)(F)F)CCCC1. The van der Waals surface area contributed by atoms with Crippen LogP contribution >= 0.6 is 15.9 Å². The fourth-order valence-electron chi connectivity index (χ4n) is 2.13. The molecule has 0 atom stereocenters. The van der Waals surface area contributed by atoms with Crippen molar-refractivity contribution in [1.29, 1.82) is 0 Å². The minimum absolute atomic E-state index is 0.0416. The highest BCUT2D eigenvalue weighted by Crippen LogP contribution is 2.34. The van der Waals surface area contributed by atoms with Gasteiger partial charge in [0.2, 0.25) is 0 Å². The van der Waals surface area contributed by atoms with Crippen LogP contribution in [-0.2, 0) is 9.59 Å². The van der Waals surface area contributed by atoms with Crippen LogP contribution in [0.5, 0.6) is 0 Å². The van der Waals surface area contributed by atoms with Gasteiger partial charge in [-0.05, 0) is 12.8 Å². The summed E-state index contributed by atoms with van der Waals surface area (Å²) in [4.78, 5) is 22.3. The number of hydrogen-bond acceptors (Lipinski definition) is 2. The van der Waals surface area contributed by atoms with E-state index in [2.05, 4.69) is 15.9 Å². The Kier molecular flexibility index (Phi) is 4.57. The molecule has 0 bridgehead atoms. The zero-order valence-corrected chi connectivity index (χ0v) is 10.7. The Hall–Kier alpha value is -0.590. The molecule has 1 rings (SSSR count). The van der Waals surface area contributed by atoms with Crippen LogP contribution in [0.1, 0.15) is 32.1 Å². The second-order valence-corrected chi connectivity index (χ2v) is 4.85. The Balaban J connectivity index is 2.72. The molecule has 1 saturated carbocycles. The average Bonchev–Trinajstić information content (AvgIpc) is 2.64. The van der Waals surface area contributed by atoms with Crippen LogP contribution in [0.2, 0.25) is 0 Å². The molecule has 17 heavy (non-hydrogen) atoms. The molecule has 1 aliphatic carbocycles. The largest absolute Gasteiger partial charge is 0.471 e. The number of carbonyl (C=O) groups is 2. The second-order valence-electron chi connectivity index (χ2n) is 4.29. The van der Waals surface area contributed by atoms with Gasteiger partial charge in [-0.25, -0.2) is 0 Å². The number of Topliss-reactive ketones (excluding diaryl/α,β-unsaturated/α-hetero) is 1. The zero-order chi connectivity index (χ0) is 13.1. The van der Waals surface area contributed by atoms with E-state index in [1.807, 2.05) is 5.32 Å². The molecule has 0 spiro atoms.